The summed E-state index contributed by atoms with van der Waals surface area (Å²) >= 11 is 0. The van der Waals surface area contributed by atoms with Gasteiger partial charge in [-0.05, 0) is 72.2 Å². The quantitative estimate of drug-likeness (QED) is 0.720. The summed E-state index contributed by atoms with van der Waals surface area (Å²) in [6.07, 6.45) is 4.11. The maximum Gasteiger partial charge on any atom is 0.121 e. The third-order valence-electron chi connectivity index (χ3n) is 4.20. The Morgan fingerprint density at radius 1 is 0.870 bits per heavy atom. The first kappa shape index (κ1) is 17.1. The zero-order valence-electron chi connectivity index (χ0n) is 14.9. The second-order valence-electron chi connectivity index (χ2n) is 7.26. The highest BCUT2D eigenvalue weighted by atomic mass is 16.3. The third-order valence-corrected chi connectivity index (χ3v) is 4.20. The Morgan fingerprint density at radius 2 is 1.43 bits per heavy atom. The summed E-state index contributed by atoms with van der Waals surface area (Å²) in [6.45, 7) is 12.2. The molecule has 0 aliphatic rings. The van der Waals surface area contributed by atoms with Crippen LogP contribution in [-0.2, 0) is 5.41 Å². The van der Waals surface area contributed by atoms with Crippen molar-refractivity contribution < 1.29 is 10.2 Å². The van der Waals surface area contributed by atoms with Gasteiger partial charge in [0.2, 0.25) is 0 Å². The maximum atomic E-state index is 10.2. The molecule has 2 nitrogen and oxygen atoms in total. The van der Waals surface area contributed by atoms with Gasteiger partial charge in [-0.2, -0.15) is 0 Å². The van der Waals surface area contributed by atoms with Crippen LogP contribution < -0.4 is 0 Å². The number of hydrogen-bond acceptors (Lipinski definition) is 2. The van der Waals surface area contributed by atoms with Crippen molar-refractivity contribution in [1.29, 1.82) is 0 Å². The van der Waals surface area contributed by atoms with Gasteiger partial charge in [0.1, 0.15) is 11.5 Å². The smallest absolute Gasteiger partial charge is 0.121 e. The Morgan fingerprint density at radius 3 is 1.96 bits per heavy atom. The van der Waals surface area contributed by atoms with Crippen LogP contribution in [0.5, 0.6) is 11.5 Å². The number of aryl methyl sites for hydroxylation is 2. The van der Waals surface area contributed by atoms with E-state index in [0.717, 1.165) is 33.4 Å². The number of aromatic hydroxyl groups is 2. The highest BCUT2D eigenvalue weighted by molar-refractivity contribution is 5.73. The van der Waals surface area contributed by atoms with E-state index in [4.69, 9.17) is 0 Å². The first-order valence-electron chi connectivity index (χ1n) is 7.92. The lowest BCUT2D eigenvalue weighted by molar-refractivity contribution is 0.445. The van der Waals surface area contributed by atoms with Gasteiger partial charge in [0.05, 0.1) is 0 Å². The van der Waals surface area contributed by atoms with Crippen LogP contribution in [0.1, 0.15) is 54.2 Å². The molecule has 0 aliphatic heterocycles. The average molecular weight is 310 g/mol. The first-order valence-corrected chi connectivity index (χ1v) is 7.92. The van der Waals surface area contributed by atoms with Gasteiger partial charge in [0.15, 0.2) is 0 Å². The van der Waals surface area contributed by atoms with Crippen molar-refractivity contribution in [2.75, 3.05) is 0 Å². The molecule has 0 amide bonds. The molecule has 2 rings (SSSR count). The van der Waals surface area contributed by atoms with E-state index >= 15 is 0 Å². The van der Waals surface area contributed by atoms with Crippen LogP contribution in [0, 0.1) is 20.8 Å². The lowest BCUT2D eigenvalue weighted by Crippen LogP contribution is -2.14. The minimum atomic E-state index is -0.107. The molecule has 0 atom stereocenters. The second-order valence-corrected chi connectivity index (χ2v) is 7.26. The van der Waals surface area contributed by atoms with Gasteiger partial charge >= 0.3 is 0 Å². The molecule has 2 heteroatoms. The lowest BCUT2D eigenvalue weighted by atomic mass is 9.82. The second kappa shape index (κ2) is 6.11. The molecule has 0 unspecified atom stereocenters. The molecule has 0 bridgehead atoms. The van der Waals surface area contributed by atoms with Gasteiger partial charge in [0, 0.05) is 5.56 Å². The van der Waals surface area contributed by atoms with Crippen LogP contribution in [0.15, 0.2) is 24.3 Å². The van der Waals surface area contributed by atoms with E-state index in [-0.39, 0.29) is 5.41 Å². The monoisotopic (exact) mass is 310 g/mol. The summed E-state index contributed by atoms with van der Waals surface area (Å²) < 4.78 is 0. The first-order chi connectivity index (χ1) is 10.6. The van der Waals surface area contributed by atoms with Crippen molar-refractivity contribution in [2.45, 2.75) is 47.0 Å². The van der Waals surface area contributed by atoms with Crippen molar-refractivity contribution in [2.24, 2.45) is 0 Å². The van der Waals surface area contributed by atoms with Crippen LogP contribution >= 0.6 is 0 Å². The minimum absolute atomic E-state index is 0.107. The lowest BCUT2D eigenvalue weighted by Gasteiger charge is -2.24. The zero-order chi connectivity index (χ0) is 17.4. The van der Waals surface area contributed by atoms with Crippen LogP contribution in [-0.4, -0.2) is 10.2 Å². The number of hydrogen-bond donors (Lipinski definition) is 2. The fraction of sp³-hybridized carbons (Fsp3) is 0.333. The van der Waals surface area contributed by atoms with E-state index in [1.54, 1.807) is 6.07 Å². The fourth-order valence-corrected chi connectivity index (χ4v) is 3.11. The minimum Gasteiger partial charge on any atom is -0.508 e. The molecule has 2 N–H and O–H groups in total. The average Bonchev–Trinajstić information content (AvgIpc) is 2.42. The van der Waals surface area contributed by atoms with E-state index < -0.39 is 0 Å². The Hall–Kier alpha value is -2.22. The molecule has 0 heterocycles. The van der Waals surface area contributed by atoms with E-state index in [2.05, 4.69) is 26.8 Å². The Bertz CT molecular complexity index is 739. The number of benzene rings is 2. The van der Waals surface area contributed by atoms with Crippen LogP contribution in [0.2, 0.25) is 0 Å². The summed E-state index contributed by atoms with van der Waals surface area (Å²) in [5.74, 6) is 0.710. The molecule has 0 spiro atoms. The van der Waals surface area contributed by atoms with Crippen molar-refractivity contribution in [3.05, 3.63) is 57.6 Å². The molecular weight excluding hydrogens is 284 g/mol. The highest BCUT2D eigenvalue weighted by Crippen LogP contribution is 2.35. The van der Waals surface area contributed by atoms with Crippen LogP contribution in [0.4, 0.5) is 0 Å². The van der Waals surface area contributed by atoms with E-state index in [1.165, 1.54) is 0 Å². The SMILES string of the molecule is Cc1cc(/C=C/c2ccc(O)c(C(C)(C)C)c2C)cc(C)c1O. The Balaban J connectivity index is 2.45. The molecular formula is C21H26O2. The van der Waals surface area contributed by atoms with Gasteiger partial charge < -0.3 is 10.2 Å². The Kier molecular flexibility index (Phi) is 4.56. The number of rotatable bonds is 2. The maximum absolute atomic E-state index is 10.2. The van der Waals surface area contributed by atoms with Gasteiger partial charge in [-0.3, -0.25) is 0 Å². The van der Waals surface area contributed by atoms with Gasteiger partial charge in [-0.25, -0.2) is 0 Å². The van der Waals surface area contributed by atoms with E-state index in [9.17, 15) is 10.2 Å². The molecule has 23 heavy (non-hydrogen) atoms. The summed E-state index contributed by atoms with van der Waals surface area (Å²) in [6, 6.07) is 7.65. The number of phenolic OH excluding ortho intramolecular Hbond substituents is 2. The van der Waals surface area contributed by atoms with Crippen molar-refractivity contribution in [3.63, 3.8) is 0 Å². The zero-order valence-corrected chi connectivity index (χ0v) is 14.9. The largest absolute Gasteiger partial charge is 0.508 e. The molecule has 0 fully saturated rings. The summed E-state index contributed by atoms with van der Waals surface area (Å²) in [7, 11) is 0. The highest BCUT2D eigenvalue weighted by Gasteiger charge is 2.21. The molecule has 0 radical (unpaired) electrons. The normalized spacial score (nSPS) is 12.1. The topological polar surface area (TPSA) is 40.5 Å². The van der Waals surface area contributed by atoms with Gasteiger partial charge in [-0.15, -0.1) is 0 Å². The summed E-state index contributed by atoms with van der Waals surface area (Å²) in [5.41, 5.74) is 5.88. The molecule has 0 aliphatic carbocycles. The van der Waals surface area contributed by atoms with Crippen molar-refractivity contribution in [3.8, 4) is 11.5 Å². The Labute approximate surface area is 139 Å². The van der Waals surface area contributed by atoms with Crippen molar-refractivity contribution in [1.82, 2.24) is 0 Å². The fourth-order valence-electron chi connectivity index (χ4n) is 3.11. The summed E-state index contributed by atoms with van der Waals surface area (Å²) in [4.78, 5) is 0. The molecule has 2 aromatic rings. The van der Waals surface area contributed by atoms with Crippen molar-refractivity contribution >= 4 is 12.2 Å². The third kappa shape index (κ3) is 3.58. The van der Waals surface area contributed by atoms with Gasteiger partial charge in [-0.1, -0.05) is 39.0 Å². The van der Waals surface area contributed by atoms with Crippen LogP contribution in [0.25, 0.3) is 12.2 Å². The molecule has 0 saturated carbocycles. The van der Waals surface area contributed by atoms with Gasteiger partial charge in [0.25, 0.3) is 0 Å². The standard InChI is InChI=1S/C21H26O2/c1-13-11-16(12-14(2)20(13)23)7-8-17-9-10-18(22)19(15(17)3)21(4,5)6/h7-12,22-23H,1-6H3/b8-7+. The predicted octanol–water partition coefficient (Wildman–Crippen LogP) is 5.49. The molecule has 0 aromatic heterocycles. The van der Waals surface area contributed by atoms with E-state index in [1.807, 2.05) is 45.0 Å². The molecule has 2 aromatic carbocycles. The molecule has 122 valence electrons. The predicted molar refractivity (Wildman–Crippen MR) is 98.1 cm³/mol. The number of phenols is 2. The van der Waals surface area contributed by atoms with E-state index in [0.29, 0.717) is 11.5 Å². The summed E-state index contributed by atoms with van der Waals surface area (Å²) in [5, 5.41) is 20.1. The van der Waals surface area contributed by atoms with Crippen LogP contribution in [0.3, 0.4) is 0 Å². The molecule has 0 saturated heterocycles.